The number of hydrogen-bond donors (Lipinski definition) is 1. The van der Waals surface area contributed by atoms with E-state index in [1.165, 1.54) is 12.0 Å². The third kappa shape index (κ3) is 3.20. The van der Waals surface area contributed by atoms with Crippen molar-refractivity contribution in [1.82, 2.24) is 4.90 Å². The Bertz CT molecular complexity index is 715. The second kappa shape index (κ2) is 6.57. The van der Waals surface area contributed by atoms with Gasteiger partial charge in [0.25, 0.3) is 23.0 Å². The number of ether oxygens (including phenoxy) is 1. The van der Waals surface area contributed by atoms with Crippen molar-refractivity contribution >= 4 is 50.4 Å². The van der Waals surface area contributed by atoms with Gasteiger partial charge in [-0.05, 0) is 40.5 Å². The topological polar surface area (TPSA) is 83.4 Å². The highest BCUT2D eigenvalue weighted by molar-refractivity contribution is 9.10. The highest BCUT2D eigenvalue weighted by Crippen LogP contribution is 2.28. The van der Waals surface area contributed by atoms with Crippen LogP contribution in [0.4, 0.5) is 5.69 Å². The molecule has 0 bridgehead atoms. The molecule has 1 aliphatic heterocycles. The number of carbonyl (C=O) groups is 1. The summed E-state index contributed by atoms with van der Waals surface area (Å²) < 4.78 is 24.7. The zero-order chi connectivity index (χ0) is 16.4. The molecule has 2 rings (SSSR count). The number of anilines is 1. The molecule has 0 radical (unpaired) electrons. The molecule has 0 saturated carbocycles. The lowest BCUT2D eigenvalue weighted by atomic mass is 10.1. The minimum Gasteiger partial charge on any atom is -0.478 e. The van der Waals surface area contributed by atoms with Crippen molar-refractivity contribution < 1.29 is 13.7 Å². The maximum atomic E-state index is 12.3. The predicted octanol–water partition coefficient (Wildman–Crippen LogP) is 1.91. The van der Waals surface area contributed by atoms with Crippen molar-refractivity contribution in [2.45, 2.75) is 6.92 Å². The number of carbonyl (C=O) groups excluding carboxylic acids is 1. The van der Waals surface area contributed by atoms with Gasteiger partial charge in [0, 0.05) is 24.3 Å². The first-order valence-electron chi connectivity index (χ1n) is 6.26. The quantitative estimate of drug-likeness (QED) is 0.841. The van der Waals surface area contributed by atoms with E-state index >= 15 is 0 Å². The Morgan fingerprint density at radius 1 is 1.36 bits per heavy atom. The van der Waals surface area contributed by atoms with Crippen LogP contribution in [0.15, 0.2) is 25.4 Å². The van der Waals surface area contributed by atoms with Crippen LogP contribution >= 0.6 is 15.9 Å². The van der Waals surface area contributed by atoms with Gasteiger partial charge in [0.2, 0.25) is 5.84 Å². The minimum atomic E-state index is -1.68. The molecule has 1 aromatic rings. The second-order valence-corrected chi connectivity index (χ2v) is 6.37. The number of methoxy groups -OCH3 is 1. The fourth-order valence-electron chi connectivity index (χ4n) is 1.89. The van der Waals surface area contributed by atoms with Gasteiger partial charge in [-0.25, -0.2) is 4.21 Å². The third-order valence-corrected chi connectivity index (χ3v) is 4.34. The first-order chi connectivity index (χ1) is 10.3. The smallest absolute Gasteiger partial charge is 0.271 e. The average Bonchev–Trinajstić information content (AvgIpc) is 2.81. The normalized spacial score (nSPS) is 16.9. The molecular weight excluding hydrogens is 372 g/mol. The van der Waals surface area contributed by atoms with Crippen LogP contribution in [0.3, 0.4) is 0 Å². The first-order valence-corrected chi connectivity index (χ1v) is 8.12. The third-order valence-electron chi connectivity index (χ3n) is 3.01. The van der Waals surface area contributed by atoms with Crippen LogP contribution in [0.2, 0.25) is 0 Å². The van der Waals surface area contributed by atoms with Gasteiger partial charge in [0.05, 0.1) is 12.7 Å². The van der Waals surface area contributed by atoms with E-state index in [1.54, 1.807) is 26.2 Å². The van der Waals surface area contributed by atoms with Crippen molar-refractivity contribution in [2.24, 2.45) is 8.80 Å². The number of benzene rings is 1. The van der Waals surface area contributed by atoms with Gasteiger partial charge in [-0.1, -0.05) is 0 Å². The molecule has 1 aromatic carbocycles. The Morgan fingerprint density at radius 3 is 2.64 bits per heavy atom. The molecule has 22 heavy (non-hydrogen) atoms. The van der Waals surface area contributed by atoms with E-state index < -0.39 is 11.2 Å². The van der Waals surface area contributed by atoms with Crippen LogP contribution in [0.5, 0.6) is 0 Å². The monoisotopic (exact) mass is 386 g/mol. The fourth-order valence-corrected chi connectivity index (χ4v) is 3.11. The lowest BCUT2D eigenvalue weighted by Gasteiger charge is -2.17. The molecule has 1 atom stereocenters. The van der Waals surface area contributed by atoms with Crippen LogP contribution in [0, 0.1) is 6.92 Å². The first kappa shape index (κ1) is 16.6. The van der Waals surface area contributed by atoms with Crippen LogP contribution < -0.4 is 5.32 Å². The van der Waals surface area contributed by atoms with Crippen molar-refractivity contribution in [1.29, 1.82) is 0 Å². The van der Waals surface area contributed by atoms with Crippen LogP contribution in [0.1, 0.15) is 15.9 Å². The Hall–Kier alpha value is -1.74. The Labute approximate surface area is 139 Å². The van der Waals surface area contributed by atoms with E-state index in [0.717, 1.165) is 5.56 Å². The maximum Gasteiger partial charge on any atom is 0.271 e. The minimum absolute atomic E-state index is 0.120. The van der Waals surface area contributed by atoms with E-state index in [9.17, 15) is 9.00 Å². The number of nitrogens with one attached hydrogen (secondary N) is 1. The van der Waals surface area contributed by atoms with Gasteiger partial charge in [-0.3, -0.25) is 4.79 Å². The summed E-state index contributed by atoms with van der Waals surface area (Å²) >= 11 is 1.71. The van der Waals surface area contributed by atoms with Gasteiger partial charge in [-0.2, -0.15) is 0 Å². The van der Waals surface area contributed by atoms with Crippen molar-refractivity contribution in [3.05, 3.63) is 27.7 Å². The number of rotatable bonds is 2. The number of nitrogens with zero attached hydrogens (tertiary/aromatic N) is 3. The van der Waals surface area contributed by atoms with Crippen LogP contribution in [-0.2, 0) is 15.9 Å². The molecule has 1 heterocycles. The summed E-state index contributed by atoms with van der Waals surface area (Å²) in [4.78, 5) is 13.8. The van der Waals surface area contributed by atoms with Gasteiger partial charge < -0.3 is 15.0 Å². The Kier molecular flexibility index (Phi) is 4.97. The molecule has 0 saturated heterocycles. The molecular formula is C13H15BrN4O3S. The highest BCUT2D eigenvalue weighted by Gasteiger charge is 2.23. The SMILES string of the molecule is COC1=NS(=O)N=C1Nc1ccc(Br)c(C(=O)N(C)C)c1C. The summed E-state index contributed by atoms with van der Waals surface area (Å²) in [7, 11) is 4.80. The summed E-state index contributed by atoms with van der Waals surface area (Å²) in [6, 6.07) is 3.56. The zero-order valence-corrected chi connectivity index (χ0v) is 14.9. The van der Waals surface area contributed by atoms with Crippen LogP contribution in [-0.4, -0.2) is 48.0 Å². The van der Waals surface area contributed by atoms with Gasteiger partial charge in [0.15, 0.2) is 0 Å². The molecule has 1 unspecified atom stereocenters. The number of hydrogen-bond acceptors (Lipinski definition) is 4. The van der Waals surface area contributed by atoms with E-state index in [4.69, 9.17) is 4.74 Å². The summed E-state index contributed by atoms with van der Waals surface area (Å²) in [5.74, 6) is 0.321. The van der Waals surface area contributed by atoms with E-state index in [2.05, 4.69) is 30.0 Å². The van der Waals surface area contributed by atoms with Gasteiger partial charge in [-0.15, -0.1) is 8.80 Å². The Morgan fingerprint density at radius 2 is 2.05 bits per heavy atom. The summed E-state index contributed by atoms with van der Waals surface area (Å²) in [6.45, 7) is 1.82. The average molecular weight is 387 g/mol. The number of halogens is 1. The maximum absolute atomic E-state index is 12.3. The van der Waals surface area contributed by atoms with Crippen molar-refractivity contribution in [2.75, 3.05) is 26.5 Å². The zero-order valence-electron chi connectivity index (χ0n) is 12.5. The lowest BCUT2D eigenvalue weighted by molar-refractivity contribution is 0.0826. The Balaban J connectivity index is 2.40. The second-order valence-electron chi connectivity index (χ2n) is 4.69. The fraction of sp³-hybridized carbons (Fsp3) is 0.308. The summed E-state index contributed by atoms with van der Waals surface area (Å²) in [6.07, 6.45) is 0. The number of amidine groups is 1. The van der Waals surface area contributed by atoms with Gasteiger partial charge in [0.1, 0.15) is 0 Å². The molecule has 118 valence electrons. The lowest BCUT2D eigenvalue weighted by Crippen LogP contribution is -2.25. The standard InChI is InChI=1S/C13H15BrN4O3S/c1-7-9(15-11-12(21-4)17-22(20)16-11)6-5-8(14)10(7)13(19)18(2)3/h5-6H,1-4H3,(H,15,16). The number of amides is 1. The molecule has 0 spiro atoms. The van der Waals surface area contributed by atoms with Crippen molar-refractivity contribution in [3.8, 4) is 0 Å². The molecule has 0 fully saturated rings. The molecule has 0 aromatic heterocycles. The molecule has 1 N–H and O–H groups in total. The summed E-state index contributed by atoms with van der Waals surface area (Å²) in [5.41, 5.74) is 1.95. The summed E-state index contributed by atoms with van der Waals surface area (Å²) in [5, 5.41) is 3.01. The van der Waals surface area contributed by atoms with E-state index in [-0.39, 0.29) is 17.6 Å². The van der Waals surface area contributed by atoms with Crippen molar-refractivity contribution in [3.63, 3.8) is 0 Å². The molecule has 1 amide bonds. The van der Waals surface area contributed by atoms with E-state index in [1.807, 2.05) is 6.92 Å². The highest BCUT2D eigenvalue weighted by atomic mass is 79.9. The molecule has 1 aliphatic rings. The van der Waals surface area contributed by atoms with Crippen LogP contribution in [0.25, 0.3) is 0 Å². The predicted molar refractivity (Wildman–Crippen MR) is 90.5 cm³/mol. The molecule has 9 heteroatoms. The molecule has 0 aliphatic carbocycles. The van der Waals surface area contributed by atoms with E-state index in [0.29, 0.717) is 15.7 Å². The molecule has 7 nitrogen and oxygen atoms in total. The van der Waals surface area contributed by atoms with Gasteiger partial charge >= 0.3 is 0 Å². The largest absolute Gasteiger partial charge is 0.478 e.